The van der Waals surface area contributed by atoms with Crippen molar-refractivity contribution in [2.75, 3.05) is 19.7 Å². The summed E-state index contributed by atoms with van der Waals surface area (Å²) < 4.78 is 32.0. The van der Waals surface area contributed by atoms with E-state index >= 15 is 0 Å². The third kappa shape index (κ3) is 4.42. The predicted octanol–water partition coefficient (Wildman–Crippen LogP) is 2.38. The van der Waals surface area contributed by atoms with Gasteiger partial charge in [0.25, 0.3) is 5.91 Å². The Morgan fingerprint density at radius 2 is 2.00 bits per heavy atom. The number of carbonyl (C=O) groups excluding carboxylic acids is 1. The molecular formula is C18H23N3O4S. The number of carbonyl (C=O) groups is 1. The summed E-state index contributed by atoms with van der Waals surface area (Å²) >= 11 is 0. The zero-order valence-corrected chi connectivity index (χ0v) is 15.8. The van der Waals surface area contributed by atoms with E-state index in [4.69, 9.17) is 10.00 Å². The van der Waals surface area contributed by atoms with E-state index in [1.165, 1.54) is 28.6 Å². The van der Waals surface area contributed by atoms with Crippen LogP contribution < -0.4 is 5.32 Å². The van der Waals surface area contributed by atoms with E-state index < -0.39 is 15.9 Å². The summed E-state index contributed by atoms with van der Waals surface area (Å²) in [5.41, 5.74) is 0.688. The van der Waals surface area contributed by atoms with Crippen molar-refractivity contribution < 1.29 is 17.9 Å². The van der Waals surface area contributed by atoms with Crippen LogP contribution in [0.5, 0.6) is 0 Å². The first kappa shape index (κ1) is 19.9. The maximum atomic E-state index is 12.7. The third-order valence-electron chi connectivity index (χ3n) is 4.10. The summed E-state index contributed by atoms with van der Waals surface area (Å²) in [6.07, 6.45) is 2.17. The van der Waals surface area contributed by atoms with Gasteiger partial charge in [0.1, 0.15) is 6.07 Å². The van der Waals surface area contributed by atoms with Crippen LogP contribution in [0.1, 0.15) is 43.5 Å². The molecule has 0 fully saturated rings. The quantitative estimate of drug-likeness (QED) is 0.750. The molecule has 7 nitrogen and oxygen atoms in total. The average molecular weight is 377 g/mol. The van der Waals surface area contributed by atoms with Gasteiger partial charge >= 0.3 is 0 Å². The third-order valence-corrected chi connectivity index (χ3v) is 6.09. The van der Waals surface area contributed by atoms with Crippen LogP contribution in [0.25, 0.3) is 0 Å². The van der Waals surface area contributed by atoms with Crippen LogP contribution in [0, 0.1) is 11.3 Å². The van der Waals surface area contributed by atoms with E-state index in [1.807, 2.05) is 13.0 Å². The monoisotopic (exact) mass is 377 g/mol. The number of hydrogen-bond acceptors (Lipinski definition) is 5. The Kier molecular flexibility index (Phi) is 6.77. The summed E-state index contributed by atoms with van der Waals surface area (Å²) in [7, 11) is -3.58. The first-order chi connectivity index (χ1) is 12.4. The van der Waals surface area contributed by atoms with Gasteiger partial charge in [-0.15, -0.1) is 0 Å². The molecule has 8 heteroatoms. The molecule has 1 aromatic rings. The van der Waals surface area contributed by atoms with E-state index in [2.05, 4.69) is 5.32 Å². The van der Waals surface area contributed by atoms with E-state index in [0.717, 1.165) is 12.8 Å². The number of rotatable bonds is 8. The number of nitrogens with one attached hydrogen (secondary N) is 1. The molecule has 0 atom stereocenters. The molecule has 0 radical (unpaired) electrons. The van der Waals surface area contributed by atoms with Crippen molar-refractivity contribution in [1.29, 1.82) is 5.26 Å². The number of nitriles is 1. The number of ether oxygens (including phenoxy) is 1. The van der Waals surface area contributed by atoms with Crippen molar-refractivity contribution in [2.24, 2.45) is 0 Å². The minimum atomic E-state index is -3.58. The Morgan fingerprint density at radius 1 is 1.31 bits per heavy atom. The fourth-order valence-corrected chi connectivity index (χ4v) is 4.05. The fourth-order valence-electron chi connectivity index (χ4n) is 2.56. The van der Waals surface area contributed by atoms with Gasteiger partial charge in [0.2, 0.25) is 15.9 Å². The molecule has 0 spiro atoms. The molecule has 1 N–H and O–H groups in total. The Balaban J connectivity index is 2.14. The molecule has 1 amide bonds. The van der Waals surface area contributed by atoms with E-state index in [9.17, 15) is 13.2 Å². The van der Waals surface area contributed by atoms with Crippen LogP contribution >= 0.6 is 0 Å². The summed E-state index contributed by atoms with van der Waals surface area (Å²) in [6.45, 7) is 5.04. The molecule has 0 aromatic heterocycles. The van der Waals surface area contributed by atoms with Crippen LogP contribution in [-0.4, -0.2) is 38.3 Å². The van der Waals surface area contributed by atoms with Gasteiger partial charge in [0, 0.05) is 25.1 Å². The van der Waals surface area contributed by atoms with Gasteiger partial charge in [-0.05, 0) is 30.7 Å². The summed E-state index contributed by atoms with van der Waals surface area (Å²) in [4.78, 5) is 12.4. The highest BCUT2D eigenvalue weighted by Gasteiger charge is 2.23. The highest BCUT2D eigenvalue weighted by atomic mass is 32.2. The molecule has 0 bridgehead atoms. The van der Waals surface area contributed by atoms with Crippen molar-refractivity contribution in [2.45, 2.75) is 38.0 Å². The summed E-state index contributed by atoms with van der Waals surface area (Å²) in [6, 6.07) is 7.75. The van der Waals surface area contributed by atoms with Crippen molar-refractivity contribution in [1.82, 2.24) is 9.62 Å². The lowest BCUT2D eigenvalue weighted by atomic mass is 10.2. The molecule has 140 valence electrons. The molecule has 1 aromatic carbocycles. The van der Waals surface area contributed by atoms with Gasteiger partial charge in [-0.25, -0.2) is 8.42 Å². The average Bonchev–Trinajstić information content (AvgIpc) is 3.09. The molecule has 0 saturated heterocycles. The van der Waals surface area contributed by atoms with Crippen LogP contribution in [0.3, 0.4) is 0 Å². The van der Waals surface area contributed by atoms with Crippen molar-refractivity contribution in [3.63, 3.8) is 0 Å². The minimum Gasteiger partial charge on any atom is -0.478 e. The first-order valence-electron chi connectivity index (χ1n) is 8.61. The second kappa shape index (κ2) is 8.83. The highest BCUT2D eigenvalue weighted by Crippen LogP contribution is 2.19. The Hall–Kier alpha value is -2.37. The molecule has 2 rings (SSSR count). The van der Waals surface area contributed by atoms with Crippen LogP contribution in [-0.2, 0) is 14.8 Å². The number of benzene rings is 1. The van der Waals surface area contributed by atoms with E-state index in [0.29, 0.717) is 37.3 Å². The number of unbranched alkanes of at least 4 members (excludes halogenated alkanes) is 1. The highest BCUT2D eigenvalue weighted by molar-refractivity contribution is 7.89. The van der Waals surface area contributed by atoms with Gasteiger partial charge in [0.15, 0.2) is 0 Å². The van der Waals surface area contributed by atoms with Gasteiger partial charge < -0.3 is 4.74 Å². The summed E-state index contributed by atoms with van der Waals surface area (Å²) in [5.74, 6) is -0.275. The maximum absolute atomic E-state index is 12.7. The van der Waals surface area contributed by atoms with Crippen molar-refractivity contribution in [3.8, 4) is 6.07 Å². The zero-order valence-electron chi connectivity index (χ0n) is 15.0. The van der Waals surface area contributed by atoms with Gasteiger partial charge in [-0.3, -0.25) is 10.1 Å². The van der Waals surface area contributed by atoms with E-state index in [-0.39, 0.29) is 10.8 Å². The zero-order chi connectivity index (χ0) is 19.2. The van der Waals surface area contributed by atoms with Gasteiger partial charge in [-0.1, -0.05) is 20.3 Å². The fraction of sp³-hybridized carbons (Fsp3) is 0.444. The van der Waals surface area contributed by atoms with Crippen molar-refractivity contribution >= 4 is 15.9 Å². The summed E-state index contributed by atoms with van der Waals surface area (Å²) in [5, 5.41) is 11.5. The molecule has 0 aliphatic carbocycles. The van der Waals surface area contributed by atoms with E-state index in [1.54, 1.807) is 6.92 Å². The second-order valence-corrected chi connectivity index (χ2v) is 7.78. The first-order valence-corrected chi connectivity index (χ1v) is 10.1. The van der Waals surface area contributed by atoms with Crippen LogP contribution in [0.4, 0.5) is 0 Å². The molecule has 1 heterocycles. The molecule has 26 heavy (non-hydrogen) atoms. The number of hydrogen-bond donors (Lipinski definition) is 1. The molecule has 1 aliphatic rings. The van der Waals surface area contributed by atoms with Crippen LogP contribution in [0.15, 0.2) is 40.6 Å². The molecule has 0 unspecified atom stereocenters. The number of nitrogens with zero attached hydrogens (tertiary/aromatic N) is 2. The Labute approximate surface area is 154 Å². The minimum absolute atomic E-state index is 0.154. The SMILES string of the molecule is CCCCN(CC)S(=O)(=O)c1ccc(C(=O)NC2=C(C#N)CCO2)cc1. The molecular weight excluding hydrogens is 354 g/mol. The molecule has 0 saturated carbocycles. The number of amides is 1. The van der Waals surface area contributed by atoms with Gasteiger partial charge in [-0.2, -0.15) is 9.57 Å². The lowest BCUT2D eigenvalue weighted by Crippen LogP contribution is -2.32. The lowest BCUT2D eigenvalue weighted by Gasteiger charge is -2.20. The topological polar surface area (TPSA) is 99.5 Å². The lowest BCUT2D eigenvalue weighted by molar-refractivity contribution is 0.0930. The largest absolute Gasteiger partial charge is 0.478 e. The predicted molar refractivity (Wildman–Crippen MR) is 96.5 cm³/mol. The Morgan fingerprint density at radius 3 is 2.58 bits per heavy atom. The van der Waals surface area contributed by atoms with Crippen LogP contribution in [0.2, 0.25) is 0 Å². The molecule has 1 aliphatic heterocycles. The normalized spacial score (nSPS) is 14.2. The Bertz CT molecular complexity index is 823. The second-order valence-electron chi connectivity index (χ2n) is 5.85. The smallest absolute Gasteiger partial charge is 0.257 e. The standard InChI is InChI=1S/C18H23N3O4S/c1-3-5-11-21(4-2)26(23,24)16-8-6-14(7-9-16)17(22)20-18-15(13-19)10-12-25-18/h6-9H,3-5,10-12H2,1-2H3,(H,20,22). The van der Waals surface area contributed by atoms with Gasteiger partial charge in [0.05, 0.1) is 17.1 Å². The maximum Gasteiger partial charge on any atom is 0.257 e. The van der Waals surface area contributed by atoms with Crippen molar-refractivity contribution in [3.05, 3.63) is 41.3 Å². The number of sulfonamides is 1.